The number of nitrogens with one attached hydrogen (secondary N) is 1. The SMILES string of the molecule is CC(Cc1cccc(C(F)(F)F)c1)C(=O)NCCCCCC(=O)O. The highest BCUT2D eigenvalue weighted by molar-refractivity contribution is 5.78. The Labute approximate surface area is 139 Å². The lowest BCUT2D eigenvalue weighted by Gasteiger charge is -2.14. The minimum atomic E-state index is -4.39. The summed E-state index contributed by atoms with van der Waals surface area (Å²) in [6.07, 6.45) is -2.11. The number of rotatable bonds is 9. The first kappa shape index (κ1) is 20.0. The van der Waals surface area contributed by atoms with Gasteiger partial charge in [0.2, 0.25) is 5.91 Å². The van der Waals surface area contributed by atoms with Crippen LogP contribution in [-0.2, 0) is 22.2 Å². The van der Waals surface area contributed by atoms with Gasteiger partial charge in [-0.3, -0.25) is 9.59 Å². The number of amides is 1. The Hall–Kier alpha value is -2.05. The van der Waals surface area contributed by atoms with Gasteiger partial charge in [-0.2, -0.15) is 13.2 Å². The zero-order valence-corrected chi connectivity index (χ0v) is 13.5. The van der Waals surface area contributed by atoms with Gasteiger partial charge in [0.05, 0.1) is 5.56 Å². The van der Waals surface area contributed by atoms with Crippen LogP contribution in [0.3, 0.4) is 0 Å². The zero-order chi connectivity index (χ0) is 18.2. The summed E-state index contributed by atoms with van der Waals surface area (Å²) in [4.78, 5) is 22.3. The van der Waals surface area contributed by atoms with Crippen molar-refractivity contribution in [3.8, 4) is 0 Å². The molecule has 1 aromatic rings. The van der Waals surface area contributed by atoms with E-state index in [1.807, 2.05) is 0 Å². The molecule has 0 saturated carbocycles. The average Bonchev–Trinajstić information content (AvgIpc) is 2.49. The molecule has 0 spiro atoms. The normalized spacial score (nSPS) is 12.7. The largest absolute Gasteiger partial charge is 0.481 e. The Bertz CT molecular complexity index is 558. The molecule has 0 fully saturated rings. The third-order valence-corrected chi connectivity index (χ3v) is 3.61. The average molecular weight is 345 g/mol. The first-order valence-corrected chi connectivity index (χ1v) is 7.86. The smallest absolute Gasteiger partial charge is 0.416 e. The Morgan fingerprint density at radius 3 is 2.54 bits per heavy atom. The second kappa shape index (κ2) is 9.30. The third kappa shape index (κ3) is 7.48. The van der Waals surface area contributed by atoms with Gasteiger partial charge >= 0.3 is 12.1 Å². The topological polar surface area (TPSA) is 66.4 Å². The van der Waals surface area contributed by atoms with E-state index in [4.69, 9.17) is 5.11 Å². The number of unbranched alkanes of at least 4 members (excludes halogenated alkanes) is 2. The Balaban J connectivity index is 2.38. The predicted octanol–water partition coefficient (Wildman–Crippen LogP) is 3.65. The molecule has 4 nitrogen and oxygen atoms in total. The van der Waals surface area contributed by atoms with Crippen molar-refractivity contribution in [2.75, 3.05) is 6.54 Å². The van der Waals surface area contributed by atoms with Crippen LogP contribution in [0.5, 0.6) is 0 Å². The molecule has 0 saturated heterocycles. The van der Waals surface area contributed by atoms with E-state index in [0.29, 0.717) is 31.4 Å². The second-order valence-corrected chi connectivity index (χ2v) is 5.80. The molecule has 0 aliphatic rings. The fourth-order valence-electron chi connectivity index (χ4n) is 2.28. The Kier molecular flexibility index (Phi) is 7.74. The van der Waals surface area contributed by atoms with Crippen LogP contribution in [0.1, 0.15) is 43.7 Å². The van der Waals surface area contributed by atoms with Crippen molar-refractivity contribution in [1.29, 1.82) is 0 Å². The van der Waals surface area contributed by atoms with Crippen molar-refractivity contribution in [3.63, 3.8) is 0 Å². The van der Waals surface area contributed by atoms with Gasteiger partial charge < -0.3 is 10.4 Å². The minimum Gasteiger partial charge on any atom is -0.481 e. The summed E-state index contributed by atoms with van der Waals surface area (Å²) < 4.78 is 38.0. The molecule has 0 heterocycles. The van der Waals surface area contributed by atoms with Crippen LogP contribution in [0.4, 0.5) is 13.2 Å². The summed E-state index contributed by atoms with van der Waals surface area (Å²) in [5.41, 5.74) is -0.250. The maximum atomic E-state index is 12.7. The van der Waals surface area contributed by atoms with E-state index in [0.717, 1.165) is 12.1 Å². The first-order chi connectivity index (χ1) is 11.2. The summed E-state index contributed by atoms with van der Waals surface area (Å²) in [5, 5.41) is 11.2. The molecule has 1 rings (SSSR count). The summed E-state index contributed by atoms with van der Waals surface area (Å²) in [6, 6.07) is 4.98. The van der Waals surface area contributed by atoms with E-state index < -0.39 is 23.6 Å². The van der Waals surface area contributed by atoms with E-state index in [-0.39, 0.29) is 18.7 Å². The quantitative estimate of drug-likeness (QED) is 0.672. The maximum absolute atomic E-state index is 12.7. The van der Waals surface area contributed by atoms with Crippen LogP contribution >= 0.6 is 0 Å². The van der Waals surface area contributed by atoms with Gasteiger partial charge in [-0.05, 0) is 30.9 Å². The molecule has 1 atom stereocenters. The first-order valence-electron chi connectivity index (χ1n) is 7.86. The molecular weight excluding hydrogens is 323 g/mol. The third-order valence-electron chi connectivity index (χ3n) is 3.61. The Morgan fingerprint density at radius 1 is 1.21 bits per heavy atom. The number of hydrogen-bond donors (Lipinski definition) is 2. The van der Waals surface area contributed by atoms with Crippen LogP contribution in [0.2, 0.25) is 0 Å². The molecule has 1 aromatic carbocycles. The number of carboxylic acids is 1. The summed E-state index contributed by atoms with van der Waals surface area (Å²) in [5.74, 6) is -1.49. The van der Waals surface area contributed by atoms with Crippen molar-refractivity contribution in [2.24, 2.45) is 5.92 Å². The number of carbonyl (C=O) groups is 2. The van der Waals surface area contributed by atoms with Gasteiger partial charge in [0, 0.05) is 18.9 Å². The van der Waals surface area contributed by atoms with Crippen LogP contribution < -0.4 is 5.32 Å². The lowest BCUT2D eigenvalue weighted by atomic mass is 9.98. The summed E-state index contributed by atoms with van der Waals surface area (Å²) in [6.45, 7) is 2.10. The number of carboxylic acid groups (broad SMARTS) is 1. The molecule has 1 amide bonds. The van der Waals surface area contributed by atoms with Crippen LogP contribution in [0.25, 0.3) is 0 Å². The number of aliphatic carboxylic acids is 1. The molecule has 7 heteroatoms. The van der Waals surface area contributed by atoms with Gasteiger partial charge in [-0.1, -0.05) is 31.5 Å². The van der Waals surface area contributed by atoms with Crippen molar-refractivity contribution in [3.05, 3.63) is 35.4 Å². The monoisotopic (exact) mass is 345 g/mol. The van der Waals surface area contributed by atoms with Gasteiger partial charge in [0.1, 0.15) is 0 Å². The molecule has 0 radical (unpaired) electrons. The van der Waals surface area contributed by atoms with Crippen LogP contribution in [0.15, 0.2) is 24.3 Å². The molecule has 0 aromatic heterocycles. The standard InChI is InChI=1S/C17H22F3NO3/c1-12(16(24)21-9-4-2-3-8-15(22)23)10-13-6-5-7-14(11-13)17(18,19)20/h5-7,11-12H,2-4,8-10H2,1H3,(H,21,24)(H,22,23). The van der Waals surface area contributed by atoms with Crippen molar-refractivity contribution in [2.45, 2.75) is 45.2 Å². The molecule has 1 unspecified atom stereocenters. The lowest BCUT2D eigenvalue weighted by Crippen LogP contribution is -2.31. The zero-order valence-electron chi connectivity index (χ0n) is 13.5. The Morgan fingerprint density at radius 2 is 1.92 bits per heavy atom. The molecule has 2 N–H and O–H groups in total. The maximum Gasteiger partial charge on any atom is 0.416 e. The minimum absolute atomic E-state index is 0.111. The highest BCUT2D eigenvalue weighted by Crippen LogP contribution is 2.29. The molecule has 134 valence electrons. The number of hydrogen-bond acceptors (Lipinski definition) is 2. The summed E-state index contributed by atoms with van der Waals surface area (Å²) >= 11 is 0. The summed E-state index contributed by atoms with van der Waals surface area (Å²) in [7, 11) is 0. The lowest BCUT2D eigenvalue weighted by molar-refractivity contribution is -0.138. The molecule has 0 aliphatic carbocycles. The van der Waals surface area contributed by atoms with Gasteiger partial charge in [0.15, 0.2) is 0 Å². The van der Waals surface area contributed by atoms with Gasteiger partial charge in [-0.15, -0.1) is 0 Å². The van der Waals surface area contributed by atoms with Crippen molar-refractivity contribution >= 4 is 11.9 Å². The van der Waals surface area contributed by atoms with E-state index >= 15 is 0 Å². The number of benzene rings is 1. The predicted molar refractivity (Wildman–Crippen MR) is 83.4 cm³/mol. The molecule has 0 aliphatic heterocycles. The number of carbonyl (C=O) groups excluding carboxylic acids is 1. The second-order valence-electron chi connectivity index (χ2n) is 5.80. The van der Waals surface area contributed by atoms with Gasteiger partial charge in [-0.25, -0.2) is 0 Å². The van der Waals surface area contributed by atoms with E-state index in [9.17, 15) is 22.8 Å². The molecular formula is C17H22F3NO3. The van der Waals surface area contributed by atoms with Crippen LogP contribution in [-0.4, -0.2) is 23.5 Å². The highest BCUT2D eigenvalue weighted by atomic mass is 19.4. The van der Waals surface area contributed by atoms with Crippen LogP contribution in [0, 0.1) is 5.92 Å². The van der Waals surface area contributed by atoms with E-state index in [2.05, 4.69) is 5.32 Å². The fourth-order valence-corrected chi connectivity index (χ4v) is 2.28. The number of halogens is 3. The van der Waals surface area contributed by atoms with E-state index in [1.165, 1.54) is 6.07 Å². The van der Waals surface area contributed by atoms with Gasteiger partial charge in [0.25, 0.3) is 0 Å². The van der Waals surface area contributed by atoms with Crippen molar-refractivity contribution < 1.29 is 27.9 Å². The highest BCUT2D eigenvalue weighted by Gasteiger charge is 2.30. The fraction of sp³-hybridized carbons (Fsp3) is 0.529. The molecule has 24 heavy (non-hydrogen) atoms. The van der Waals surface area contributed by atoms with E-state index in [1.54, 1.807) is 13.0 Å². The molecule has 0 bridgehead atoms. The van der Waals surface area contributed by atoms with Crippen molar-refractivity contribution in [1.82, 2.24) is 5.32 Å². The number of alkyl halides is 3.